The summed E-state index contributed by atoms with van der Waals surface area (Å²) in [6.07, 6.45) is 35.4. The first-order valence-corrected chi connectivity index (χ1v) is 40.2. The van der Waals surface area contributed by atoms with Crippen LogP contribution in [0.15, 0.2) is 12.2 Å². The van der Waals surface area contributed by atoms with Gasteiger partial charge in [0.05, 0.1) is 38.6 Å². The molecule has 12 atom stereocenters. The van der Waals surface area contributed by atoms with Crippen molar-refractivity contribution < 1.29 is 95.4 Å². The maximum atomic E-state index is 14.2. The number of nitrogens with one attached hydrogen (secondary N) is 1. The van der Waals surface area contributed by atoms with Gasteiger partial charge in [0.2, 0.25) is 5.91 Å². The fraction of sp³-hybridized carbons (Fsp3) is 0.957. The van der Waals surface area contributed by atoms with Crippen molar-refractivity contribution in [2.75, 3.05) is 60.5 Å². The molecule has 2 heterocycles. The molecule has 0 aromatic carbocycles. The summed E-state index contributed by atoms with van der Waals surface area (Å²) in [4.78, 5) is 54.1. The highest BCUT2D eigenvalue weighted by Gasteiger charge is 2.53. The van der Waals surface area contributed by atoms with E-state index in [0.717, 1.165) is 122 Å². The number of methoxy groups -OCH3 is 2. The zero-order valence-corrected chi connectivity index (χ0v) is 60.8. The Hall–Kier alpha value is -1.01. The largest absolute Gasteiger partial charge is 0.470 e. The van der Waals surface area contributed by atoms with Crippen LogP contribution in [0.5, 0.6) is 0 Å². The Kier molecular flexibility index (Phi) is 54.7. The van der Waals surface area contributed by atoms with Gasteiger partial charge in [0.25, 0.3) is 0 Å². The van der Waals surface area contributed by atoms with Crippen LogP contribution in [0.4, 0.5) is 0 Å². The summed E-state index contributed by atoms with van der Waals surface area (Å²) in [6.45, 7) is 7.66. The molecule has 2 aliphatic heterocycles. The Morgan fingerprint density at radius 1 is 0.462 bits per heavy atom. The Balaban J connectivity index is 2.47. The molecule has 2 rings (SSSR count). The molecule has 0 bridgehead atoms. The summed E-state index contributed by atoms with van der Waals surface area (Å²) in [5, 5.41) is 26.6. The number of ether oxygens (including phenoxy) is 9. The number of amides is 1. The number of rotatable bonds is 65. The van der Waals surface area contributed by atoms with Crippen LogP contribution in [0.3, 0.4) is 0 Å². The molecule has 0 aromatic rings. The lowest BCUT2D eigenvalue weighted by Gasteiger charge is -2.47. The molecule has 0 radical (unpaired) electrons. The first kappa shape index (κ1) is 88.1. The lowest BCUT2D eigenvalue weighted by atomic mass is 9.95. The zero-order valence-electron chi connectivity index (χ0n) is 59.0. The molecule has 23 heteroatoms. The minimum Gasteiger partial charge on any atom is -0.393 e. The maximum Gasteiger partial charge on any atom is 0.470 e. The van der Waals surface area contributed by atoms with Crippen molar-refractivity contribution in [3.05, 3.63) is 12.2 Å². The predicted molar refractivity (Wildman–Crippen MR) is 366 cm³/mol. The normalized spacial score (nSPS) is 22.9. The van der Waals surface area contributed by atoms with Crippen molar-refractivity contribution in [1.82, 2.24) is 5.32 Å². The summed E-state index contributed by atoms with van der Waals surface area (Å²) in [5.74, 6) is -0.371. The van der Waals surface area contributed by atoms with Gasteiger partial charge in [-0.3, -0.25) is 13.8 Å². The average Bonchev–Trinajstić information content (AvgIpc) is 0.823. The Bertz CT molecular complexity index is 1850. The van der Waals surface area contributed by atoms with Gasteiger partial charge in [-0.25, -0.2) is 9.13 Å². The van der Waals surface area contributed by atoms with Gasteiger partial charge in [0.15, 0.2) is 12.6 Å². The number of carbonyl (C=O) groups excluding carboxylic acids is 1. The van der Waals surface area contributed by atoms with Gasteiger partial charge in [-0.1, -0.05) is 239 Å². The summed E-state index contributed by atoms with van der Waals surface area (Å²) in [6, 6.07) is -1.24. The van der Waals surface area contributed by atoms with Gasteiger partial charge in [-0.2, -0.15) is 0 Å². The van der Waals surface area contributed by atoms with Crippen LogP contribution in [-0.4, -0.2) is 170 Å². The van der Waals surface area contributed by atoms with Crippen LogP contribution in [0, 0.1) is 0 Å². The molecule has 93 heavy (non-hydrogen) atoms. The van der Waals surface area contributed by atoms with E-state index in [2.05, 4.69) is 45.2 Å². The van der Waals surface area contributed by atoms with Gasteiger partial charge in [0.1, 0.15) is 48.8 Å². The summed E-state index contributed by atoms with van der Waals surface area (Å²) < 4.78 is 91.7. The van der Waals surface area contributed by atoms with Crippen LogP contribution >= 0.6 is 15.6 Å². The molecule has 1 amide bonds. The molecule has 552 valence electrons. The molecular formula is C70H137NO20P2. The molecule has 21 nitrogen and oxygen atoms in total. The molecule has 7 N–H and O–H groups in total. The number of phosphoric acid groups is 2. The van der Waals surface area contributed by atoms with Crippen molar-refractivity contribution in [3.63, 3.8) is 0 Å². The second-order valence-electron chi connectivity index (χ2n) is 26.1. The topological polar surface area (TPSA) is 286 Å². The maximum absolute atomic E-state index is 14.2. The van der Waals surface area contributed by atoms with E-state index < -0.39 is 96.3 Å². The van der Waals surface area contributed by atoms with E-state index in [1.165, 1.54) is 116 Å². The second-order valence-corrected chi connectivity index (χ2v) is 28.6. The second kappa shape index (κ2) is 57.7. The minimum absolute atomic E-state index is 0.0516. The van der Waals surface area contributed by atoms with Crippen LogP contribution in [0.1, 0.15) is 297 Å². The first-order valence-electron chi connectivity index (χ1n) is 37.2. The average molecular weight is 1370 g/mol. The van der Waals surface area contributed by atoms with Gasteiger partial charge in [-0.05, 0) is 64.2 Å². The number of phosphoric ester groups is 2. The summed E-state index contributed by atoms with van der Waals surface area (Å²) >= 11 is 0. The Morgan fingerprint density at radius 3 is 1.46 bits per heavy atom. The molecule has 0 spiro atoms. The summed E-state index contributed by atoms with van der Waals surface area (Å²) in [5.41, 5.74) is 0. The smallest absolute Gasteiger partial charge is 0.393 e. The molecule has 0 aromatic heterocycles. The first-order chi connectivity index (χ1) is 45.0. The number of carbonyl (C=O) groups is 1. The molecular weight excluding hydrogens is 1240 g/mol. The standard InChI is InChI=1S/C70H137NO20P2/c1-7-11-15-19-22-25-27-28-29-30-31-33-36-40-44-48-62(73)71-63-66(84-53-50-59(82-6)47-43-38-18-14-10-4)65(91-93(78,79)80)61(56-81-5)90-69(63)87-57-60-64(74)67(83-51-45-41-37-34-26-23-20-16-12-8-2)68(70(89-60)86-54-55-88-92(75,76)77)85-52-49-58(72)46-42-39-35-32-24-21-17-13-9-3/h28-29,58-61,63-70,72,74H,7-27,30-57H2,1-6H3,(H,71,73)(H2,75,76,77)(H2,78,79,80)/b29-28+/t58-,59-,60-,61-,63-,64-,65-,66-,67+,68-,69-,70+/m1/s1. The number of hydrogen-bond acceptors (Lipinski definition) is 16. The van der Waals surface area contributed by atoms with Crippen molar-refractivity contribution in [2.24, 2.45) is 0 Å². The van der Waals surface area contributed by atoms with E-state index >= 15 is 0 Å². The lowest BCUT2D eigenvalue weighted by Crippen LogP contribution is -2.67. The van der Waals surface area contributed by atoms with E-state index in [0.29, 0.717) is 25.7 Å². The van der Waals surface area contributed by atoms with Gasteiger partial charge >= 0.3 is 15.6 Å². The monoisotopic (exact) mass is 1370 g/mol. The highest BCUT2D eigenvalue weighted by atomic mass is 31.2. The summed E-state index contributed by atoms with van der Waals surface area (Å²) in [7, 11) is -7.07. The van der Waals surface area contributed by atoms with Crippen LogP contribution in [0.25, 0.3) is 0 Å². The van der Waals surface area contributed by atoms with Gasteiger partial charge in [-0.15, -0.1) is 0 Å². The third kappa shape index (κ3) is 45.4. The SMILES string of the molecule is CCCCCCCC/C=C/CCCCCCCC(=O)N[C@H]1[C@H](OC[C@H]2O[C@H](OCCOP(=O)(O)O)[C@H](OCC[C@H](O)CCCCCCCCCCC)[C@@H](OCCCCCCCCCCCC)[C@@H]2O)O[C@H](COC)[C@@H](OP(=O)(O)O)[C@@H]1OCC[C@@H](CCCCCCC)OC. The van der Waals surface area contributed by atoms with Crippen molar-refractivity contribution in [2.45, 2.75) is 371 Å². The third-order valence-corrected chi connectivity index (χ3v) is 18.9. The molecule has 2 fully saturated rings. The van der Waals surface area contributed by atoms with E-state index in [1.54, 1.807) is 7.11 Å². The minimum atomic E-state index is -5.24. The van der Waals surface area contributed by atoms with E-state index in [1.807, 2.05) is 0 Å². The molecule has 2 aliphatic rings. The molecule has 0 unspecified atom stereocenters. The highest BCUT2D eigenvalue weighted by Crippen LogP contribution is 2.43. The number of aliphatic hydroxyl groups is 2. The Morgan fingerprint density at radius 2 is 0.935 bits per heavy atom. The van der Waals surface area contributed by atoms with Crippen molar-refractivity contribution in [3.8, 4) is 0 Å². The third-order valence-electron chi connectivity index (χ3n) is 17.8. The predicted octanol–water partition coefficient (Wildman–Crippen LogP) is 15.1. The number of unbranched alkanes of at least 4 members (excludes halogenated alkanes) is 32. The molecule has 2 saturated heterocycles. The Labute approximate surface area is 563 Å². The van der Waals surface area contributed by atoms with E-state index in [9.17, 15) is 43.7 Å². The van der Waals surface area contributed by atoms with Crippen LogP contribution in [0.2, 0.25) is 0 Å². The van der Waals surface area contributed by atoms with Gasteiger partial charge < -0.3 is 77.7 Å². The van der Waals surface area contributed by atoms with Crippen molar-refractivity contribution >= 4 is 21.6 Å². The van der Waals surface area contributed by atoms with E-state index in [4.69, 9.17) is 51.7 Å². The number of hydrogen-bond donors (Lipinski definition) is 7. The quantitative estimate of drug-likeness (QED) is 0.0169. The number of aliphatic hydroxyl groups excluding tert-OH is 2. The van der Waals surface area contributed by atoms with E-state index in [-0.39, 0.29) is 57.9 Å². The molecule has 0 aliphatic carbocycles. The van der Waals surface area contributed by atoms with Gasteiger partial charge in [0, 0.05) is 40.5 Å². The zero-order chi connectivity index (χ0) is 68.1. The molecule has 0 saturated carbocycles. The lowest BCUT2D eigenvalue weighted by molar-refractivity contribution is -0.331. The highest BCUT2D eigenvalue weighted by molar-refractivity contribution is 7.46. The van der Waals surface area contributed by atoms with Crippen LogP contribution < -0.4 is 5.32 Å². The fourth-order valence-corrected chi connectivity index (χ4v) is 13.2. The van der Waals surface area contributed by atoms with Crippen LogP contribution in [-0.2, 0) is 65.6 Å². The fourth-order valence-electron chi connectivity index (χ4n) is 12.3. The van der Waals surface area contributed by atoms with Crippen molar-refractivity contribution in [1.29, 1.82) is 0 Å². The number of allylic oxidation sites excluding steroid dienone is 2.